The van der Waals surface area contributed by atoms with Crippen LogP contribution in [0.4, 0.5) is 10.1 Å². The molecule has 31 heavy (non-hydrogen) atoms. The molecule has 0 radical (unpaired) electrons. The fraction of sp³-hybridized carbons (Fsp3) is 0.240. The Kier molecular flexibility index (Phi) is 5.41. The number of hydrogen-bond donors (Lipinski definition) is 2. The van der Waals surface area contributed by atoms with Gasteiger partial charge in [0.25, 0.3) is 0 Å². The first-order chi connectivity index (χ1) is 14.7. The number of fused-ring (bicyclic) bond motifs is 1. The highest BCUT2D eigenvalue weighted by molar-refractivity contribution is 5.95. The zero-order valence-electron chi connectivity index (χ0n) is 18.0. The van der Waals surface area contributed by atoms with E-state index in [1.807, 2.05) is 44.3 Å². The van der Waals surface area contributed by atoms with Crippen molar-refractivity contribution in [2.75, 3.05) is 5.32 Å². The van der Waals surface area contributed by atoms with Crippen LogP contribution in [0.3, 0.4) is 0 Å². The number of aliphatic hydroxyl groups is 1. The van der Waals surface area contributed by atoms with E-state index in [0.29, 0.717) is 11.4 Å². The van der Waals surface area contributed by atoms with Crippen molar-refractivity contribution in [1.82, 2.24) is 15.0 Å². The largest absolute Gasteiger partial charge is 0.382 e. The fourth-order valence-electron chi connectivity index (χ4n) is 3.58. The van der Waals surface area contributed by atoms with Crippen LogP contribution in [0.15, 0.2) is 61.1 Å². The molecule has 5 nitrogen and oxygen atoms in total. The summed E-state index contributed by atoms with van der Waals surface area (Å²) >= 11 is 0. The summed E-state index contributed by atoms with van der Waals surface area (Å²) in [4.78, 5) is 13.2. The standard InChI is InChI=1S/C25H25FN4O/c1-15-12-27-22-10-9-17(18-13-28-24(29-14-18)25(3,4)31)11-20(22)23(15)30-16(2)19-7-5-6-8-21(19)26/h5-14,16,31H,1-4H3,(H,27,30)/t16-/m1/s1. The number of rotatable bonds is 5. The molecular weight excluding hydrogens is 391 g/mol. The second kappa shape index (κ2) is 8.04. The summed E-state index contributed by atoms with van der Waals surface area (Å²) in [6.07, 6.45) is 5.24. The fourth-order valence-corrected chi connectivity index (χ4v) is 3.58. The van der Waals surface area contributed by atoms with E-state index >= 15 is 0 Å². The third-order valence-corrected chi connectivity index (χ3v) is 5.32. The van der Waals surface area contributed by atoms with Crippen molar-refractivity contribution < 1.29 is 9.50 Å². The number of aromatic nitrogens is 3. The molecule has 4 rings (SSSR count). The Hall–Kier alpha value is -3.38. The van der Waals surface area contributed by atoms with Crippen molar-refractivity contribution in [1.29, 1.82) is 0 Å². The topological polar surface area (TPSA) is 70.9 Å². The maximum atomic E-state index is 14.3. The molecule has 2 aromatic heterocycles. The molecule has 0 saturated carbocycles. The monoisotopic (exact) mass is 416 g/mol. The lowest BCUT2D eigenvalue weighted by Crippen LogP contribution is -2.19. The van der Waals surface area contributed by atoms with E-state index in [1.165, 1.54) is 6.07 Å². The summed E-state index contributed by atoms with van der Waals surface area (Å²) < 4.78 is 14.3. The number of aryl methyl sites for hydroxylation is 1. The molecular formula is C25H25FN4O. The number of halogens is 1. The van der Waals surface area contributed by atoms with E-state index in [9.17, 15) is 9.50 Å². The number of nitrogens with zero attached hydrogens (tertiary/aromatic N) is 3. The average Bonchev–Trinajstić information content (AvgIpc) is 2.75. The smallest absolute Gasteiger partial charge is 0.159 e. The maximum absolute atomic E-state index is 14.3. The van der Waals surface area contributed by atoms with E-state index in [2.05, 4.69) is 20.3 Å². The Labute approximate surface area is 181 Å². The number of benzene rings is 2. The third kappa shape index (κ3) is 4.25. The van der Waals surface area contributed by atoms with Crippen molar-refractivity contribution in [3.63, 3.8) is 0 Å². The van der Waals surface area contributed by atoms with Crippen LogP contribution in [0.2, 0.25) is 0 Å². The molecule has 0 aliphatic heterocycles. The summed E-state index contributed by atoms with van der Waals surface area (Å²) in [7, 11) is 0. The van der Waals surface area contributed by atoms with Crippen LogP contribution >= 0.6 is 0 Å². The molecule has 6 heteroatoms. The van der Waals surface area contributed by atoms with E-state index in [4.69, 9.17) is 0 Å². The van der Waals surface area contributed by atoms with Crippen molar-refractivity contribution in [3.8, 4) is 11.1 Å². The van der Waals surface area contributed by atoms with Gasteiger partial charge >= 0.3 is 0 Å². The first-order valence-corrected chi connectivity index (χ1v) is 10.2. The van der Waals surface area contributed by atoms with Gasteiger partial charge in [-0.25, -0.2) is 14.4 Å². The molecule has 0 fully saturated rings. The van der Waals surface area contributed by atoms with Crippen LogP contribution in [0.5, 0.6) is 0 Å². The lowest BCUT2D eigenvalue weighted by Gasteiger charge is -2.20. The molecule has 1 atom stereocenters. The van der Waals surface area contributed by atoms with E-state index in [1.54, 1.807) is 38.4 Å². The van der Waals surface area contributed by atoms with Crippen molar-refractivity contribution in [2.24, 2.45) is 0 Å². The Morgan fingerprint density at radius 2 is 1.68 bits per heavy atom. The molecule has 0 aliphatic rings. The minimum absolute atomic E-state index is 0.219. The molecule has 0 bridgehead atoms. The quantitative estimate of drug-likeness (QED) is 0.447. The van der Waals surface area contributed by atoms with Crippen LogP contribution in [-0.2, 0) is 5.60 Å². The third-order valence-electron chi connectivity index (χ3n) is 5.32. The molecule has 2 aromatic carbocycles. The molecule has 2 heterocycles. The minimum Gasteiger partial charge on any atom is -0.382 e. The van der Waals surface area contributed by atoms with Gasteiger partial charge in [0.05, 0.1) is 11.6 Å². The van der Waals surface area contributed by atoms with Gasteiger partial charge < -0.3 is 10.4 Å². The van der Waals surface area contributed by atoms with Crippen molar-refractivity contribution >= 4 is 16.6 Å². The number of hydrogen-bond acceptors (Lipinski definition) is 5. The van der Waals surface area contributed by atoms with Gasteiger partial charge in [-0.15, -0.1) is 0 Å². The van der Waals surface area contributed by atoms with Gasteiger partial charge in [0.2, 0.25) is 0 Å². The Morgan fingerprint density at radius 3 is 2.35 bits per heavy atom. The number of nitrogens with one attached hydrogen (secondary N) is 1. The van der Waals surface area contributed by atoms with Crippen LogP contribution in [0.25, 0.3) is 22.0 Å². The van der Waals surface area contributed by atoms with Crippen molar-refractivity contribution in [3.05, 3.63) is 83.8 Å². The van der Waals surface area contributed by atoms with Crippen LogP contribution < -0.4 is 5.32 Å². The predicted octanol–water partition coefficient (Wildman–Crippen LogP) is 5.54. The minimum atomic E-state index is -1.09. The van der Waals surface area contributed by atoms with E-state index in [0.717, 1.165) is 33.3 Å². The van der Waals surface area contributed by atoms with Crippen LogP contribution in [0.1, 0.15) is 43.8 Å². The van der Waals surface area contributed by atoms with E-state index < -0.39 is 5.60 Å². The predicted molar refractivity (Wildman–Crippen MR) is 121 cm³/mol. The van der Waals surface area contributed by atoms with Gasteiger partial charge in [-0.1, -0.05) is 24.3 Å². The van der Waals surface area contributed by atoms with E-state index in [-0.39, 0.29) is 11.9 Å². The highest BCUT2D eigenvalue weighted by Gasteiger charge is 2.19. The van der Waals surface area contributed by atoms with Gasteiger partial charge in [0, 0.05) is 40.8 Å². The van der Waals surface area contributed by atoms with Gasteiger partial charge in [-0.3, -0.25) is 4.98 Å². The summed E-state index contributed by atoms with van der Waals surface area (Å²) in [5, 5.41) is 14.5. The normalized spacial score (nSPS) is 12.7. The average molecular weight is 417 g/mol. The zero-order chi connectivity index (χ0) is 22.2. The molecule has 4 aromatic rings. The van der Waals surface area contributed by atoms with Crippen LogP contribution in [0, 0.1) is 12.7 Å². The summed E-state index contributed by atoms with van der Waals surface area (Å²) in [5.41, 5.74) is 4.01. The highest BCUT2D eigenvalue weighted by atomic mass is 19.1. The molecule has 0 spiro atoms. The second-order valence-corrected chi connectivity index (χ2v) is 8.29. The zero-order valence-corrected chi connectivity index (χ0v) is 18.0. The van der Waals surface area contributed by atoms with Gasteiger partial charge in [0.15, 0.2) is 5.82 Å². The second-order valence-electron chi connectivity index (χ2n) is 8.29. The Balaban J connectivity index is 1.74. The summed E-state index contributed by atoms with van der Waals surface area (Å²) in [6.45, 7) is 7.23. The lowest BCUT2D eigenvalue weighted by atomic mass is 10.0. The molecule has 0 amide bonds. The molecule has 2 N–H and O–H groups in total. The first-order valence-electron chi connectivity index (χ1n) is 10.2. The lowest BCUT2D eigenvalue weighted by molar-refractivity contribution is 0.0687. The summed E-state index contributed by atoms with van der Waals surface area (Å²) in [6, 6.07) is 12.5. The van der Waals surface area contributed by atoms with Gasteiger partial charge in [-0.2, -0.15) is 0 Å². The Bertz CT molecular complexity index is 1230. The molecule has 0 unspecified atom stereocenters. The SMILES string of the molecule is Cc1cnc2ccc(-c3cnc(C(C)(C)O)nc3)cc2c1N[C@H](C)c1ccccc1F. The molecule has 158 valence electrons. The first kappa shape index (κ1) is 20.9. The van der Waals surface area contributed by atoms with Gasteiger partial charge in [0.1, 0.15) is 11.4 Å². The molecule has 0 saturated heterocycles. The highest BCUT2D eigenvalue weighted by Crippen LogP contribution is 2.33. The molecule has 0 aliphatic carbocycles. The number of pyridine rings is 1. The van der Waals surface area contributed by atoms with Crippen molar-refractivity contribution in [2.45, 2.75) is 39.3 Å². The van der Waals surface area contributed by atoms with Gasteiger partial charge in [-0.05, 0) is 57.0 Å². The number of anilines is 1. The summed E-state index contributed by atoms with van der Waals surface area (Å²) in [5.74, 6) is 0.138. The Morgan fingerprint density at radius 1 is 0.968 bits per heavy atom. The maximum Gasteiger partial charge on any atom is 0.159 e. The van der Waals surface area contributed by atoms with Crippen LogP contribution in [-0.4, -0.2) is 20.1 Å².